The van der Waals surface area contributed by atoms with Crippen LogP contribution in [0.3, 0.4) is 0 Å². The molecule has 0 atom stereocenters. The van der Waals surface area contributed by atoms with Crippen molar-refractivity contribution < 1.29 is 19.1 Å². The van der Waals surface area contributed by atoms with Crippen LogP contribution in [-0.4, -0.2) is 25.0 Å². The SMILES string of the molecule is O=C(/C=C/c1cc2c(cc1Br)OCO2)c1cccc(N2CCCC2=O)c1. The number of rotatable bonds is 4. The van der Waals surface area contributed by atoms with E-state index in [1.165, 1.54) is 6.08 Å². The van der Waals surface area contributed by atoms with Crippen LogP contribution in [0.15, 0.2) is 46.9 Å². The number of hydrogen-bond acceptors (Lipinski definition) is 4. The number of nitrogens with zero attached hydrogens (tertiary/aromatic N) is 1. The van der Waals surface area contributed by atoms with Crippen LogP contribution in [0.5, 0.6) is 11.5 Å². The summed E-state index contributed by atoms with van der Waals surface area (Å²) in [4.78, 5) is 26.2. The van der Waals surface area contributed by atoms with Gasteiger partial charge in [0.2, 0.25) is 12.7 Å². The van der Waals surface area contributed by atoms with E-state index in [2.05, 4.69) is 15.9 Å². The number of fused-ring (bicyclic) bond motifs is 1. The Kier molecular flexibility index (Phi) is 4.51. The highest BCUT2D eigenvalue weighted by atomic mass is 79.9. The van der Waals surface area contributed by atoms with Crippen molar-refractivity contribution in [3.63, 3.8) is 0 Å². The number of hydrogen-bond donors (Lipinski definition) is 0. The van der Waals surface area contributed by atoms with Crippen LogP contribution in [0.2, 0.25) is 0 Å². The lowest BCUT2D eigenvalue weighted by molar-refractivity contribution is -0.117. The van der Waals surface area contributed by atoms with Gasteiger partial charge < -0.3 is 14.4 Å². The van der Waals surface area contributed by atoms with Gasteiger partial charge in [-0.3, -0.25) is 9.59 Å². The van der Waals surface area contributed by atoms with Crippen molar-refractivity contribution in [3.05, 3.63) is 58.1 Å². The molecule has 0 bridgehead atoms. The monoisotopic (exact) mass is 413 g/mol. The van der Waals surface area contributed by atoms with Gasteiger partial charge in [-0.2, -0.15) is 0 Å². The minimum absolute atomic E-state index is 0.106. The second kappa shape index (κ2) is 6.96. The fraction of sp³-hybridized carbons (Fsp3) is 0.200. The van der Waals surface area contributed by atoms with Gasteiger partial charge in [-0.15, -0.1) is 0 Å². The van der Waals surface area contributed by atoms with E-state index in [4.69, 9.17) is 9.47 Å². The zero-order valence-corrected chi connectivity index (χ0v) is 15.5. The Hall–Kier alpha value is -2.60. The molecule has 132 valence electrons. The largest absolute Gasteiger partial charge is 0.454 e. The summed E-state index contributed by atoms with van der Waals surface area (Å²) >= 11 is 3.48. The van der Waals surface area contributed by atoms with E-state index in [1.807, 2.05) is 18.2 Å². The first-order valence-corrected chi connectivity index (χ1v) is 9.13. The minimum Gasteiger partial charge on any atom is -0.454 e. The van der Waals surface area contributed by atoms with Crippen molar-refractivity contribution in [2.45, 2.75) is 12.8 Å². The van der Waals surface area contributed by atoms with Crippen LogP contribution in [0.25, 0.3) is 6.08 Å². The lowest BCUT2D eigenvalue weighted by atomic mass is 10.1. The maximum atomic E-state index is 12.6. The predicted octanol–water partition coefficient (Wildman–Crippen LogP) is 4.20. The standard InChI is InChI=1S/C20H16BrNO4/c21-16-11-19-18(25-12-26-19)10-13(16)6-7-17(23)14-3-1-4-15(9-14)22-8-2-5-20(22)24/h1,3-4,6-7,9-11H,2,5,8,12H2/b7-6+. The van der Waals surface area contributed by atoms with Gasteiger partial charge in [0.25, 0.3) is 0 Å². The second-order valence-electron chi connectivity index (χ2n) is 6.12. The molecule has 26 heavy (non-hydrogen) atoms. The van der Waals surface area contributed by atoms with Gasteiger partial charge in [0, 0.05) is 28.7 Å². The Bertz CT molecular complexity index is 922. The van der Waals surface area contributed by atoms with Crippen LogP contribution >= 0.6 is 15.9 Å². The van der Waals surface area contributed by atoms with Crippen LogP contribution in [0, 0.1) is 0 Å². The Balaban J connectivity index is 1.55. The normalized spacial score (nSPS) is 15.9. The highest BCUT2D eigenvalue weighted by molar-refractivity contribution is 9.10. The average molecular weight is 414 g/mol. The van der Waals surface area contributed by atoms with E-state index < -0.39 is 0 Å². The third-order valence-electron chi connectivity index (χ3n) is 4.42. The maximum absolute atomic E-state index is 12.6. The Morgan fingerprint density at radius 2 is 1.96 bits per heavy atom. The molecule has 1 saturated heterocycles. The number of carbonyl (C=O) groups excluding carboxylic acids is 2. The molecule has 1 amide bonds. The number of allylic oxidation sites excluding steroid dienone is 1. The molecule has 2 aromatic carbocycles. The number of amides is 1. The number of benzene rings is 2. The molecule has 0 N–H and O–H groups in total. The van der Waals surface area contributed by atoms with Crippen molar-refractivity contribution in [2.24, 2.45) is 0 Å². The van der Waals surface area contributed by atoms with E-state index in [1.54, 1.807) is 29.2 Å². The molecule has 1 fully saturated rings. The summed E-state index contributed by atoms with van der Waals surface area (Å²) in [5.41, 5.74) is 2.15. The fourth-order valence-electron chi connectivity index (χ4n) is 3.07. The van der Waals surface area contributed by atoms with E-state index in [0.29, 0.717) is 30.0 Å². The van der Waals surface area contributed by atoms with Gasteiger partial charge in [-0.05, 0) is 48.4 Å². The molecule has 0 saturated carbocycles. The summed E-state index contributed by atoms with van der Waals surface area (Å²) in [6, 6.07) is 10.8. The van der Waals surface area contributed by atoms with E-state index in [0.717, 1.165) is 22.1 Å². The molecule has 0 unspecified atom stereocenters. The first kappa shape index (κ1) is 16.8. The van der Waals surface area contributed by atoms with E-state index in [-0.39, 0.29) is 18.5 Å². The fourth-order valence-corrected chi connectivity index (χ4v) is 3.53. The number of ether oxygens (including phenoxy) is 2. The zero-order chi connectivity index (χ0) is 18.1. The first-order chi connectivity index (χ1) is 12.6. The van der Waals surface area contributed by atoms with Gasteiger partial charge in [0.05, 0.1) is 0 Å². The molecule has 2 aromatic rings. The summed E-state index contributed by atoms with van der Waals surface area (Å²) in [7, 11) is 0. The Labute approximate surface area is 159 Å². The average Bonchev–Trinajstić information content (AvgIpc) is 3.27. The highest BCUT2D eigenvalue weighted by Crippen LogP contribution is 2.37. The number of ketones is 1. The van der Waals surface area contributed by atoms with Crippen LogP contribution in [0.1, 0.15) is 28.8 Å². The minimum atomic E-state index is -0.122. The molecule has 4 rings (SSSR count). The topological polar surface area (TPSA) is 55.8 Å². The highest BCUT2D eigenvalue weighted by Gasteiger charge is 2.22. The van der Waals surface area contributed by atoms with Crippen molar-refractivity contribution in [3.8, 4) is 11.5 Å². The molecule has 2 aliphatic rings. The van der Waals surface area contributed by atoms with Crippen molar-refractivity contribution in [1.29, 1.82) is 0 Å². The smallest absolute Gasteiger partial charge is 0.231 e. The van der Waals surface area contributed by atoms with Gasteiger partial charge in [-0.1, -0.05) is 28.1 Å². The van der Waals surface area contributed by atoms with Crippen molar-refractivity contribution >= 4 is 39.4 Å². The third kappa shape index (κ3) is 3.24. The van der Waals surface area contributed by atoms with Crippen LogP contribution in [0.4, 0.5) is 5.69 Å². The summed E-state index contributed by atoms with van der Waals surface area (Å²) in [5.74, 6) is 1.33. The summed E-state index contributed by atoms with van der Waals surface area (Å²) < 4.78 is 11.5. The molecule has 2 heterocycles. The third-order valence-corrected chi connectivity index (χ3v) is 5.11. The van der Waals surface area contributed by atoms with Crippen molar-refractivity contribution in [2.75, 3.05) is 18.2 Å². The quantitative estimate of drug-likeness (QED) is 0.556. The predicted molar refractivity (Wildman–Crippen MR) is 102 cm³/mol. The number of halogens is 1. The molecule has 0 aliphatic carbocycles. The Morgan fingerprint density at radius 3 is 2.73 bits per heavy atom. The first-order valence-electron chi connectivity index (χ1n) is 8.34. The molecule has 0 spiro atoms. The van der Waals surface area contributed by atoms with Crippen LogP contribution in [-0.2, 0) is 4.79 Å². The van der Waals surface area contributed by atoms with E-state index >= 15 is 0 Å². The molecular formula is C20H16BrNO4. The molecule has 0 radical (unpaired) electrons. The second-order valence-corrected chi connectivity index (χ2v) is 6.98. The summed E-state index contributed by atoms with van der Waals surface area (Å²) in [6.45, 7) is 0.909. The zero-order valence-electron chi connectivity index (χ0n) is 13.9. The van der Waals surface area contributed by atoms with Crippen LogP contribution < -0.4 is 14.4 Å². The molecule has 6 heteroatoms. The van der Waals surface area contributed by atoms with Gasteiger partial charge >= 0.3 is 0 Å². The summed E-state index contributed by atoms with van der Waals surface area (Å²) in [6.07, 6.45) is 4.68. The Morgan fingerprint density at radius 1 is 1.15 bits per heavy atom. The molecule has 0 aromatic heterocycles. The lowest BCUT2D eigenvalue weighted by Crippen LogP contribution is -2.23. The van der Waals surface area contributed by atoms with Gasteiger partial charge in [-0.25, -0.2) is 0 Å². The number of carbonyl (C=O) groups is 2. The van der Waals surface area contributed by atoms with Gasteiger partial charge in [0.1, 0.15) is 0 Å². The summed E-state index contributed by atoms with van der Waals surface area (Å²) in [5, 5.41) is 0. The molecule has 5 nitrogen and oxygen atoms in total. The molecular weight excluding hydrogens is 398 g/mol. The van der Waals surface area contributed by atoms with E-state index in [9.17, 15) is 9.59 Å². The number of anilines is 1. The lowest BCUT2D eigenvalue weighted by Gasteiger charge is -2.16. The van der Waals surface area contributed by atoms with Crippen molar-refractivity contribution in [1.82, 2.24) is 0 Å². The molecule has 2 aliphatic heterocycles. The maximum Gasteiger partial charge on any atom is 0.231 e. The van der Waals surface area contributed by atoms with Gasteiger partial charge in [0.15, 0.2) is 17.3 Å².